The number of rotatable bonds is 4. The monoisotopic (exact) mass is 347 g/mol. The number of ether oxygens (including phenoxy) is 1. The fraction of sp³-hybridized carbons (Fsp3) is 0.438. The van der Waals surface area contributed by atoms with Gasteiger partial charge in [-0.1, -0.05) is 20.8 Å². The minimum absolute atomic E-state index is 0.0598. The smallest absolute Gasteiger partial charge is 0.443 e. The van der Waals surface area contributed by atoms with Gasteiger partial charge in [0.15, 0.2) is 5.01 Å². The molecular formula is C16H17F4NOS. The molecule has 0 saturated carbocycles. The largest absolute Gasteiger partial charge is 0.493 e. The number of hydrogen-bond donors (Lipinski definition) is 0. The van der Waals surface area contributed by atoms with Gasteiger partial charge in [0.25, 0.3) is 0 Å². The highest BCUT2D eigenvalue weighted by Crippen LogP contribution is 2.37. The highest BCUT2D eigenvalue weighted by Gasteiger charge is 2.34. The summed E-state index contributed by atoms with van der Waals surface area (Å²) < 4.78 is 57.1. The lowest BCUT2D eigenvalue weighted by molar-refractivity contribution is -0.137. The molecule has 126 valence electrons. The van der Waals surface area contributed by atoms with Crippen molar-refractivity contribution in [3.63, 3.8) is 0 Å². The minimum Gasteiger partial charge on any atom is -0.493 e. The summed E-state index contributed by atoms with van der Waals surface area (Å²) in [6.45, 7) is 6.55. The van der Waals surface area contributed by atoms with Gasteiger partial charge in [0.2, 0.25) is 0 Å². The Morgan fingerprint density at radius 2 is 1.87 bits per heavy atom. The minimum atomic E-state index is -4.51. The summed E-state index contributed by atoms with van der Waals surface area (Å²) in [4.78, 5) is 3.56. The molecule has 0 radical (unpaired) electrons. The molecule has 2 rings (SSSR count). The van der Waals surface area contributed by atoms with Crippen LogP contribution in [0.2, 0.25) is 0 Å². The van der Waals surface area contributed by atoms with Crippen molar-refractivity contribution in [2.45, 2.75) is 33.4 Å². The molecule has 0 aliphatic rings. The van der Waals surface area contributed by atoms with Crippen molar-refractivity contribution in [3.05, 3.63) is 34.4 Å². The van der Waals surface area contributed by atoms with E-state index in [4.69, 9.17) is 4.74 Å². The van der Waals surface area contributed by atoms with Crippen molar-refractivity contribution in [1.82, 2.24) is 4.98 Å². The van der Waals surface area contributed by atoms with E-state index >= 15 is 0 Å². The molecule has 0 atom stereocenters. The lowest BCUT2D eigenvalue weighted by atomic mass is 9.93. The molecule has 23 heavy (non-hydrogen) atoms. The average Bonchev–Trinajstić information content (AvgIpc) is 2.88. The van der Waals surface area contributed by atoms with E-state index in [0.29, 0.717) is 23.7 Å². The highest BCUT2D eigenvalue weighted by molar-refractivity contribution is 7.10. The van der Waals surface area contributed by atoms with Gasteiger partial charge in [-0.25, -0.2) is 9.37 Å². The molecule has 0 aliphatic carbocycles. The van der Waals surface area contributed by atoms with E-state index in [1.165, 1.54) is 17.5 Å². The Labute approximate surface area is 136 Å². The molecule has 1 heterocycles. The highest BCUT2D eigenvalue weighted by atomic mass is 32.1. The van der Waals surface area contributed by atoms with Crippen LogP contribution in [0.3, 0.4) is 0 Å². The van der Waals surface area contributed by atoms with Crippen LogP contribution in [0.1, 0.15) is 32.2 Å². The maximum atomic E-state index is 13.5. The lowest BCUT2D eigenvalue weighted by Crippen LogP contribution is -2.11. The first-order chi connectivity index (χ1) is 10.6. The van der Waals surface area contributed by atoms with Crippen molar-refractivity contribution >= 4 is 11.3 Å². The van der Waals surface area contributed by atoms with Crippen LogP contribution in [0.4, 0.5) is 17.6 Å². The summed E-state index contributed by atoms with van der Waals surface area (Å²) in [7, 11) is 0. The Kier molecular flexibility index (Phi) is 4.98. The molecule has 0 saturated heterocycles. The third-order valence-corrected chi connectivity index (χ3v) is 3.96. The molecule has 0 bridgehead atoms. The molecule has 0 spiro atoms. The summed E-state index contributed by atoms with van der Waals surface area (Å²) in [5.41, 5.74) is 0.350. The van der Waals surface area contributed by atoms with Crippen LogP contribution in [-0.2, 0) is 6.18 Å². The number of nitrogens with zero attached hydrogens (tertiary/aromatic N) is 1. The van der Waals surface area contributed by atoms with E-state index < -0.39 is 17.0 Å². The van der Waals surface area contributed by atoms with Crippen LogP contribution in [0, 0.1) is 11.2 Å². The molecule has 0 fully saturated rings. The third kappa shape index (κ3) is 4.92. The first-order valence-corrected chi connectivity index (χ1v) is 7.90. The van der Waals surface area contributed by atoms with E-state index in [0.717, 1.165) is 12.5 Å². The lowest BCUT2D eigenvalue weighted by Gasteiger charge is -2.19. The first kappa shape index (κ1) is 17.7. The van der Waals surface area contributed by atoms with Gasteiger partial charge in [0.1, 0.15) is 11.6 Å². The van der Waals surface area contributed by atoms with E-state index in [9.17, 15) is 17.6 Å². The Morgan fingerprint density at radius 3 is 2.43 bits per heavy atom. The standard InChI is InChI=1S/C16H17F4NOS/c1-15(2,3)6-7-22-13-5-4-10(17)8-11(13)12-9-23-14(21-12)16(18,19)20/h4-5,8-9H,6-7H2,1-3H3. The number of benzene rings is 1. The molecule has 2 nitrogen and oxygen atoms in total. The quantitative estimate of drug-likeness (QED) is 0.654. The second kappa shape index (κ2) is 6.47. The Hall–Kier alpha value is -1.63. The number of thiazole rings is 1. The fourth-order valence-electron chi connectivity index (χ4n) is 1.82. The summed E-state index contributed by atoms with van der Waals surface area (Å²) in [6, 6.07) is 3.77. The number of aromatic nitrogens is 1. The molecule has 0 aliphatic heterocycles. The van der Waals surface area contributed by atoms with E-state index in [1.807, 2.05) is 0 Å². The van der Waals surface area contributed by atoms with E-state index in [2.05, 4.69) is 25.8 Å². The number of hydrogen-bond acceptors (Lipinski definition) is 3. The predicted octanol–water partition coefficient (Wildman–Crippen LogP) is 5.78. The van der Waals surface area contributed by atoms with Crippen LogP contribution >= 0.6 is 11.3 Å². The van der Waals surface area contributed by atoms with Crippen molar-refractivity contribution < 1.29 is 22.3 Å². The third-order valence-electron chi connectivity index (χ3n) is 3.07. The van der Waals surface area contributed by atoms with Gasteiger partial charge < -0.3 is 4.74 Å². The Balaban J connectivity index is 2.27. The average molecular weight is 347 g/mol. The Bertz CT molecular complexity index is 673. The SMILES string of the molecule is CC(C)(C)CCOc1ccc(F)cc1-c1csc(C(F)(F)F)n1. The van der Waals surface area contributed by atoms with E-state index in [1.54, 1.807) is 0 Å². The Morgan fingerprint density at radius 1 is 1.17 bits per heavy atom. The van der Waals surface area contributed by atoms with Crippen molar-refractivity contribution in [2.24, 2.45) is 5.41 Å². The van der Waals surface area contributed by atoms with Crippen molar-refractivity contribution in [2.75, 3.05) is 6.61 Å². The van der Waals surface area contributed by atoms with Crippen molar-refractivity contribution in [1.29, 1.82) is 0 Å². The zero-order valence-corrected chi connectivity index (χ0v) is 13.8. The zero-order valence-electron chi connectivity index (χ0n) is 13.0. The van der Waals surface area contributed by atoms with Crippen LogP contribution < -0.4 is 4.74 Å². The molecule has 1 aromatic carbocycles. The molecular weight excluding hydrogens is 330 g/mol. The van der Waals surface area contributed by atoms with Gasteiger partial charge in [-0.3, -0.25) is 0 Å². The van der Waals surface area contributed by atoms with Crippen molar-refractivity contribution in [3.8, 4) is 17.0 Å². The van der Waals surface area contributed by atoms with E-state index in [-0.39, 0.29) is 16.7 Å². The topological polar surface area (TPSA) is 22.1 Å². The maximum absolute atomic E-state index is 13.5. The van der Waals surface area contributed by atoms with Gasteiger partial charge >= 0.3 is 6.18 Å². The summed E-state index contributed by atoms with van der Waals surface area (Å²) in [6.07, 6.45) is -3.75. The van der Waals surface area contributed by atoms with Gasteiger partial charge in [0.05, 0.1) is 12.3 Å². The molecule has 0 unspecified atom stereocenters. The van der Waals surface area contributed by atoms with Gasteiger partial charge in [-0.2, -0.15) is 13.2 Å². The molecule has 7 heteroatoms. The molecule has 0 amide bonds. The molecule has 0 N–H and O–H groups in total. The normalized spacial score (nSPS) is 12.5. The van der Waals surface area contributed by atoms with Gasteiger partial charge in [-0.15, -0.1) is 11.3 Å². The molecule has 2 aromatic rings. The fourth-order valence-corrected chi connectivity index (χ4v) is 2.51. The van der Waals surface area contributed by atoms with Crippen LogP contribution in [-0.4, -0.2) is 11.6 Å². The number of halogens is 4. The predicted molar refractivity (Wildman–Crippen MR) is 82.1 cm³/mol. The van der Waals surface area contributed by atoms with Crippen LogP contribution in [0.5, 0.6) is 5.75 Å². The zero-order chi connectivity index (χ0) is 17.3. The number of alkyl halides is 3. The van der Waals surface area contributed by atoms with Crippen LogP contribution in [0.25, 0.3) is 11.3 Å². The summed E-state index contributed by atoms with van der Waals surface area (Å²) in [5, 5.41) is 0.297. The maximum Gasteiger partial charge on any atom is 0.443 e. The first-order valence-electron chi connectivity index (χ1n) is 7.02. The van der Waals surface area contributed by atoms with Crippen LogP contribution in [0.15, 0.2) is 23.6 Å². The summed E-state index contributed by atoms with van der Waals surface area (Å²) >= 11 is 0.480. The second-order valence-electron chi connectivity index (χ2n) is 6.34. The second-order valence-corrected chi connectivity index (χ2v) is 7.19. The summed E-state index contributed by atoms with van der Waals surface area (Å²) in [5.74, 6) is -0.223. The van der Waals surface area contributed by atoms with Gasteiger partial charge in [-0.05, 0) is 30.0 Å². The van der Waals surface area contributed by atoms with Gasteiger partial charge in [0, 0.05) is 10.9 Å². The molecule has 1 aromatic heterocycles.